The Balaban J connectivity index is 1.90. The second-order valence-electron chi connectivity index (χ2n) is 7.10. The quantitative estimate of drug-likeness (QED) is 0.855. The summed E-state index contributed by atoms with van der Waals surface area (Å²) in [5, 5.41) is 2.99. The van der Waals surface area contributed by atoms with Crippen LogP contribution in [0.5, 0.6) is 0 Å². The van der Waals surface area contributed by atoms with Crippen molar-refractivity contribution in [2.24, 2.45) is 0 Å². The first-order chi connectivity index (χ1) is 13.1. The summed E-state index contributed by atoms with van der Waals surface area (Å²) in [6.07, 6.45) is 4.43. The topological polar surface area (TPSA) is 32.3 Å². The molecular weight excluding hydrogens is 346 g/mol. The van der Waals surface area contributed by atoms with Gasteiger partial charge in [-0.15, -0.1) is 0 Å². The normalized spacial score (nSPS) is 19.9. The van der Waals surface area contributed by atoms with Crippen LogP contribution in [0.4, 0.5) is 8.78 Å². The Kier molecular flexibility index (Phi) is 6.93. The molecule has 0 bridgehead atoms. The lowest BCUT2D eigenvalue weighted by atomic mass is 10.00. The van der Waals surface area contributed by atoms with Crippen LogP contribution in [0.2, 0.25) is 0 Å². The zero-order chi connectivity index (χ0) is 19.1. The Hall–Kier alpha value is -2.27. The third-order valence-electron chi connectivity index (χ3n) is 5.09. The minimum absolute atomic E-state index is 0.00957. The van der Waals surface area contributed by atoms with Gasteiger partial charge in [0, 0.05) is 37.2 Å². The average molecular weight is 372 g/mol. The lowest BCUT2D eigenvalue weighted by Crippen LogP contribution is -2.34. The van der Waals surface area contributed by atoms with Gasteiger partial charge in [-0.2, -0.15) is 0 Å². The highest BCUT2D eigenvalue weighted by atomic mass is 19.1. The first-order valence-corrected chi connectivity index (χ1v) is 9.63. The largest absolute Gasteiger partial charge is 0.356 e. The molecule has 0 radical (unpaired) electrons. The summed E-state index contributed by atoms with van der Waals surface area (Å²) < 4.78 is 27.5. The first-order valence-electron chi connectivity index (χ1n) is 9.63. The highest BCUT2D eigenvalue weighted by Gasteiger charge is 2.24. The predicted molar refractivity (Wildman–Crippen MR) is 102 cm³/mol. The second-order valence-corrected chi connectivity index (χ2v) is 7.10. The highest BCUT2D eigenvalue weighted by Crippen LogP contribution is 2.28. The molecule has 3 nitrogen and oxygen atoms in total. The summed E-state index contributed by atoms with van der Waals surface area (Å²) in [6.45, 7) is 1.82. The van der Waals surface area contributed by atoms with E-state index in [0.29, 0.717) is 25.1 Å². The van der Waals surface area contributed by atoms with E-state index in [9.17, 15) is 13.6 Å². The number of nitrogens with one attached hydrogen (secondary N) is 1. The maximum absolute atomic E-state index is 14.3. The molecule has 0 saturated carbocycles. The van der Waals surface area contributed by atoms with Crippen LogP contribution in [0.3, 0.4) is 0 Å². The average Bonchev–Trinajstić information content (AvgIpc) is 2.70. The van der Waals surface area contributed by atoms with Crippen LogP contribution in [0.1, 0.15) is 49.3 Å². The lowest BCUT2D eigenvalue weighted by molar-refractivity contribution is -0.122. The van der Waals surface area contributed by atoms with Crippen LogP contribution in [-0.4, -0.2) is 23.9 Å². The van der Waals surface area contributed by atoms with Crippen LogP contribution in [0.15, 0.2) is 48.5 Å². The van der Waals surface area contributed by atoms with Crippen molar-refractivity contribution in [3.05, 3.63) is 71.3 Å². The fourth-order valence-electron chi connectivity index (χ4n) is 3.62. The molecule has 0 aliphatic carbocycles. The Labute approximate surface area is 159 Å². The van der Waals surface area contributed by atoms with Crippen LogP contribution in [0, 0.1) is 11.6 Å². The first kappa shape index (κ1) is 19.5. The van der Waals surface area contributed by atoms with Crippen molar-refractivity contribution in [3.63, 3.8) is 0 Å². The third-order valence-corrected chi connectivity index (χ3v) is 5.09. The van der Waals surface area contributed by atoms with Crippen molar-refractivity contribution in [3.8, 4) is 0 Å². The van der Waals surface area contributed by atoms with Crippen LogP contribution in [0.25, 0.3) is 0 Å². The molecule has 1 aliphatic rings. The van der Waals surface area contributed by atoms with Crippen molar-refractivity contribution >= 4 is 5.91 Å². The van der Waals surface area contributed by atoms with E-state index < -0.39 is 11.6 Å². The number of benzene rings is 2. The maximum atomic E-state index is 14.3. The smallest absolute Gasteiger partial charge is 0.221 e. The Morgan fingerprint density at radius 3 is 2.56 bits per heavy atom. The van der Waals surface area contributed by atoms with Gasteiger partial charge in [0.1, 0.15) is 11.6 Å². The van der Waals surface area contributed by atoms with Gasteiger partial charge in [-0.1, -0.05) is 49.2 Å². The number of amides is 1. The van der Waals surface area contributed by atoms with E-state index in [2.05, 4.69) is 10.2 Å². The van der Waals surface area contributed by atoms with E-state index in [4.69, 9.17) is 0 Å². The third kappa shape index (κ3) is 5.60. The lowest BCUT2D eigenvalue weighted by Gasteiger charge is -2.32. The molecule has 0 aromatic heterocycles. The molecule has 1 amide bonds. The van der Waals surface area contributed by atoms with Crippen molar-refractivity contribution in [2.45, 2.75) is 44.7 Å². The number of carbonyl (C=O) groups is 1. The van der Waals surface area contributed by atoms with Crippen molar-refractivity contribution in [1.82, 2.24) is 10.2 Å². The number of rotatable bonds is 3. The molecule has 1 atom stereocenters. The van der Waals surface area contributed by atoms with E-state index in [1.54, 1.807) is 0 Å². The van der Waals surface area contributed by atoms with Crippen molar-refractivity contribution in [2.75, 3.05) is 13.1 Å². The molecule has 0 spiro atoms. The Morgan fingerprint density at radius 2 is 1.78 bits per heavy atom. The van der Waals surface area contributed by atoms with Gasteiger partial charge in [-0.3, -0.25) is 9.69 Å². The van der Waals surface area contributed by atoms with Gasteiger partial charge >= 0.3 is 0 Å². The van der Waals surface area contributed by atoms with Crippen LogP contribution in [-0.2, 0) is 11.3 Å². The summed E-state index contributed by atoms with van der Waals surface area (Å²) in [7, 11) is 0. The monoisotopic (exact) mass is 372 g/mol. The van der Waals surface area contributed by atoms with E-state index in [0.717, 1.165) is 43.9 Å². The SMILES string of the molecule is O=C1CC(c2ccccc2)N(Cc2ccc(F)cc2F)CCCCCCN1. The minimum Gasteiger partial charge on any atom is -0.356 e. The summed E-state index contributed by atoms with van der Waals surface area (Å²) in [5.74, 6) is -1.11. The molecule has 1 heterocycles. The molecule has 1 aliphatic heterocycles. The minimum atomic E-state index is -0.576. The predicted octanol–water partition coefficient (Wildman–Crippen LogP) is 4.59. The molecule has 2 aromatic rings. The number of hydrogen-bond donors (Lipinski definition) is 1. The molecule has 3 rings (SSSR count). The number of carbonyl (C=O) groups excluding carboxylic acids is 1. The van der Waals surface area contributed by atoms with Gasteiger partial charge < -0.3 is 5.32 Å². The fourth-order valence-corrected chi connectivity index (χ4v) is 3.62. The summed E-state index contributed by atoms with van der Waals surface area (Å²) >= 11 is 0. The van der Waals surface area contributed by atoms with E-state index in [-0.39, 0.29) is 11.9 Å². The van der Waals surface area contributed by atoms with Crippen molar-refractivity contribution in [1.29, 1.82) is 0 Å². The molecule has 1 fully saturated rings. The van der Waals surface area contributed by atoms with Gasteiger partial charge in [0.05, 0.1) is 0 Å². The van der Waals surface area contributed by atoms with Crippen LogP contribution < -0.4 is 5.32 Å². The van der Waals surface area contributed by atoms with Crippen LogP contribution >= 0.6 is 0 Å². The van der Waals surface area contributed by atoms with E-state index in [1.807, 2.05) is 30.3 Å². The highest BCUT2D eigenvalue weighted by molar-refractivity contribution is 5.76. The standard InChI is InChI=1S/C22H26F2N2O/c23-19-11-10-18(20(24)14-19)16-26-13-7-2-1-6-12-25-22(27)15-21(26)17-8-4-3-5-9-17/h3-5,8-11,14,21H,1-2,6-7,12-13,15-16H2,(H,25,27). The molecule has 144 valence electrons. The summed E-state index contributed by atoms with van der Waals surface area (Å²) in [4.78, 5) is 14.6. The molecular formula is C22H26F2N2O. The van der Waals surface area contributed by atoms with E-state index in [1.165, 1.54) is 12.1 Å². The maximum Gasteiger partial charge on any atom is 0.221 e. The zero-order valence-electron chi connectivity index (χ0n) is 15.5. The molecule has 27 heavy (non-hydrogen) atoms. The molecule has 1 unspecified atom stereocenters. The molecule has 5 heteroatoms. The summed E-state index contributed by atoms with van der Waals surface area (Å²) in [5.41, 5.74) is 1.49. The zero-order valence-corrected chi connectivity index (χ0v) is 15.5. The Bertz CT molecular complexity index is 751. The molecule has 2 aromatic carbocycles. The fraction of sp³-hybridized carbons (Fsp3) is 0.409. The van der Waals surface area contributed by atoms with Gasteiger partial charge in [-0.25, -0.2) is 8.78 Å². The number of hydrogen-bond acceptors (Lipinski definition) is 2. The van der Waals surface area contributed by atoms with Crippen molar-refractivity contribution < 1.29 is 13.6 Å². The van der Waals surface area contributed by atoms with Gasteiger partial charge in [0.15, 0.2) is 0 Å². The molecule has 1 N–H and O–H groups in total. The van der Waals surface area contributed by atoms with Gasteiger partial charge in [-0.05, 0) is 31.0 Å². The second kappa shape index (κ2) is 9.60. The van der Waals surface area contributed by atoms with Gasteiger partial charge in [0.2, 0.25) is 5.91 Å². The molecule has 1 saturated heterocycles. The Morgan fingerprint density at radius 1 is 1.00 bits per heavy atom. The number of halogens is 2. The van der Waals surface area contributed by atoms with E-state index >= 15 is 0 Å². The number of nitrogens with zero attached hydrogens (tertiary/aromatic N) is 1. The van der Waals surface area contributed by atoms with Gasteiger partial charge in [0.25, 0.3) is 0 Å². The summed E-state index contributed by atoms with van der Waals surface area (Å²) in [6, 6.07) is 13.4.